The second-order valence-corrected chi connectivity index (χ2v) is 5.00. The summed E-state index contributed by atoms with van der Waals surface area (Å²) in [6.45, 7) is 2.50. The van der Waals surface area contributed by atoms with Gasteiger partial charge in [-0.25, -0.2) is 9.48 Å². The largest absolute Gasteiger partial charge is 0.476 e. The molecule has 0 saturated heterocycles. The lowest BCUT2D eigenvalue weighted by Gasteiger charge is -2.07. The van der Waals surface area contributed by atoms with E-state index in [0.717, 1.165) is 24.1 Å². The van der Waals surface area contributed by atoms with Crippen LogP contribution in [0.1, 0.15) is 42.2 Å². The summed E-state index contributed by atoms with van der Waals surface area (Å²) in [7, 11) is 0. The lowest BCUT2D eigenvalue weighted by atomic mass is 10.2. The van der Waals surface area contributed by atoms with Crippen molar-refractivity contribution in [2.45, 2.75) is 32.7 Å². The smallest absolute Gasteiger partial charge is 0.356 e. The maximum Gasteiger partial charge on any atom is 0.356 e. The van der Waals surface area contributed by atoms with Gasteiger partial charge < -0.3 is 10.4 Å². The summed E-state index contributed by atoms with van der Waals surface area (Å²) in [5.74, 6) is -1.02. The maximum atomic E-state index is 11.6. The van der Waals surface area contributed by atoms with Crippen molar-refractivity contribution in [3.05, 3.63) is 47.8 Å². The molecule has 0 aliphatic rings. The number of nitrogens with one attached hydrogen (secondary N) is 1. The fourth-order valence-electron chi connectivity index (χ4n) is 2.02. The summed E-state index contributed by atoms with van der Waals surface area (Å²) in [4.78, 5) is 22.5. The fraction of sp³-hybridized carbons (Fsp3) is 0.312. The predicted molar refractivity (Wildman–Crippen MR) is 81.9 cm³/mol. The standard InChI is InChI=1S/C16H19N3O3/c1-2-3-7-15(20)17-11-12-5-4-6-13(10-12)19-9-8-14(18-19)16(21)22/h4-6,8-10H,2-3,7,11H2,1H3,(H,17,20)(H,21,22). The number of aromatic nitrogens is 2. The van der Waals surface area contributed by atoms with Gasteiger partial charge in [0.1, 0.15) is 0 Å². The minimum atomic E-state index is -1.06. The molecule has 2 aromatic rings. The Morgan fingerprint density at radius 1 is 1.32 bits per heavy atom. The molecular weight excluding hydrogens is 282 g/mol. The summed E-state index contributed by atoms with van der Waals surface area (Å²) in [5, 5.41) is 15.8. The summed E-state index contributed by atoms with van der Waals surface area (Å²) >= 11 is 0. The average molecular weight is 301 g/mol. The molecule has 1 aromatic heterocycles. The third-order valence-corrected chi connectivity index (χ3v) is 3.23. The molecule has 0 aliphatic heterocycles. The van der Waals surface area contributed by atoms with E-state index in [1.807, 2.05) is 31.2 Å². The van der Waals surface area contributed by atoms with Crippen LogP contribution in [-0.4, -0.2) is 26.8 Å². The van der Waals surface area contributed by atoms with Gasteiger partial charge in [-0.05, 0) is 30.2 Å². The highest BCUT2D eigenvalue weighted by molar-refractivity contribution is 5.85. The summed E-state index contributed by atoms with van der Waals surface area (Å²) in [5.41, 5.74) is 1.70. The molecular formula is C16H19N3O3. The zero-order valence-corrected chi connectivity index (χ0v) is 12.5. The number of amides is 1. The minimum Gasteiger partial charge on any atom is -0.476 e. The third-order valence-electron chi connectivity index (χ3n) is 3.23. The van der Waals surface area contributed by atoms with Crippen molar-refractivity contribution >= 4 is 11.9 Å². The highest BCUT2D eigenvalue weighted by Gasteiger charge is 2.08. The first kappa shape index (κ1) is 15.8. The van der Waals surface area contributed by atoms with E-state index in [4.69, 9.17) is 5.11 Å². The zero-order valence-electron chi connectivity index (χ0n) is 12.5. The van der Waals surface area contributed by atoms with Crippen molar-refractivity contribution < 1.29 is 14.7 Å². The van der Waals surface area contributed by atoms with Crippen molar-refractivity contribution in [2.75, 3.05) is 0 Å². The molecule has 6 heteroatoms. The van der Waals surface area contributed by atoms with Gasteiger partial charge in [0.2, 0.25) is 5.91 Å². The maximum absolute atomic E-state index is 11.6. The lowest BCUT2D eigenvalue weighted by Crippen LogP contribution is -2.22. The van der Waals surface area contributed by atoms with E-state index in [2.05, 4.69) is 10.4 Å². The number of unbranched alkanes of at least 4 members (excludes halogenated alkanes) is 1. The number of rotatable bonds is 7. The van der Waals surface area contributed by atoms with E-state index in [-0.39, 0.29) is 11.6 Å². The molecule has 1 heterocycles. The number of carboxylic acid groups (broad SMARTS) is 1. The summed E-state index contributed by atoms with van der Waals surface area (Å²) in [6.07, 6.45) is 4.02. The zero-order chi connectivity index (χ0) is 15.9. The van der Waals surface area contributed by atoms with Crippen LogP contribution in [0.5, 0.6) is 0 Å². The van der Waals surface area contributed by atoms with Crippen LogP contribution < -0.4 is 5.32 Å². The van der Waals surface area contributed by atoms with E-state index in [9.17, 15) is 9.59 Å². The molecule has 0 atom stereocenters. The molecule has 0 radical (unpaired) electrons. The topological polar surface area (TPSA) is 84.2 Å². The van der Waals surface area contributed by atoms with E-state index < -0.39 is 5.97 Å². The molecule has 0 spiro atoms. The summed E-state index contributed by atoms with van der Waals surface area (Å²) in [6, 6.07) is 8.91. The van der Waals surface area contributed by atoms with Gasteiger partial charge in [-0.3, -0.25) is 4.79 Å². The second kappa shape index (κ2) is 7.40. The average Bonchev–Trinajstić information content (AvgIpc) is 3.01. The number of hydrogen-bond donors (Lipinski definition) is 2. The quantitative estimate of drug-likeness (QED) is 0.822. The van der Waals surface area contributed by atoms with Crippen molar-refractivity contribution in [3.63, 3.8) is 0 Å². The number of carbonyl (C=O) groups excluding carboxylic acids is 1. The Morgan fingerprint density at radius 3 is 2.82 bits per heavy atom. The molecule has 22 heavy (non-hydrogen) atoms. The number of carboxylic acids is 1. The van der Waals surface area contributed by atoms with E-state index in [1.165, 1.54) is 10.7 Å². The van der Waals surface area contributed by atoms with Gasteiger partial charge in [0.05, 0.1) is 5.69 Å². The van der Waals surface area contributed by atoms with Crippen molar-refractivity contribution in [2.24, 2.45) is 0 Å². The Bertz CT molecular complexity index is 664. The Morgan fingerprint density at radius 2 is 2.14 bits per heavy atom. The molecule has 0 unspecified atom stereocenters. The minimum absolute atomic E-state index is 0.00160. The molecule has 2 N–H and O–H groups in total. The van der Waals surface area contributed by atoms with Crippen molar-refractivity contribution in [3.8, 4) is 5.69 Å². The third kappa shape index (κ3) is 4.18. The van der Waals surface area contributed by atoms with Crippen LogP contribution in [0.15, 0.2) is 36.5 Å². The summed E-state index contributed by atoms with van der Waals surface area (Å²) < 4.78 is 1.51. The molecule has 116 valence electrons. The van der Waals surface area contributed by atoms with Gasteiger partial charge >= 0.3 is 5.97 Å². The number of benzene rings is 1. The first-order chi connectivity index (χ1) is 10.6. The Hall–Kier alpha value is -2.63. The van der Waals surface area contributed by atoms with Crippen LogP contribution in [0, 0.1) is 0 Å². The first-order valence-electron chi connectivity index (χ1n) is 7.25. The predicted octanol–water partition coefficient (Wildman–Crippen LogP) is 2.38. The Kier molecular flexibility index (Phi) is 5.30. The highest BCUT2D eigenvalue weighted by Crippen LogP contribution is 2.11. The van der Waals surface area contributed by atoms with Gasteiger partial charge in [-0.2, -0.15) is 5.10 Å². The van der Waals surface area contributed by atoms with Crippen LogP contribution in [0.2, 0.25) is 0 Å². The van der Waals surface area contributed by atoms with E-state index >= 15 is 0 Å². The van der Waals surface area contributed by atoms with Crippen LogP contribution in [-0.2, 0) is 11.3 Å². The monoisotopic (exact) mass is 301 g/mol. The molecule has 1 aromatic carbocycles. The lowest BCUT2D eigenvalue weighted by molar-refractivity contribution is -0.121. The van der Waals surface area contributed by atoms with Gasteiger partial charge in [-0.15, -0.1) is 0 Å². The van der Waals surface area contributed by atoms with Gasteiger partial charge in [0.15, 0.2) is 5.69 Å². The molecule has 0 bridgehead atoms. The normalized spacial score (nSPS) is 10.4. The van der Waals surface area contributed by atoms with E-state index in [1.54, 1.807) is 6.20 Å². The van der Waals surface area contributed by atoms with Crippen LogP contribution in [0.3, 0.4) is 0 Å². The molecule has 1 amide bonds. The van der Waals surface area contributed by atoms with E-state index in [0.29, 0.717) is 13.0 Å². The van der Waals surface area contributed by atoms with Gasteiger partial charge in [0.25, 0.3) is 0 Å². The first-order valence-corrected chi connectivity index (χ1v) is 7.25. The Labute approximate surface area is 128 Å². The molecule has 0 fully saturated rings. The van der Waals surface area contributed by atoms with Crippen LogP contribution in [0.4, 0.5) is 0 Å². The highest BCUT2D eigenvalue weighted by atomic mass is 16.4. The number of carbonyl (C=O) groups is 2. The molecule has 0 aliphatic carbocycles. The van der Waals surface area contributed by atoms with Crippen molar-refractivity contribution in [1.29, 1.82) is 0 Å². The molecule has 0 saturated carbocycles. The SMILES string of the molecule is CCCCC(=O)NCc1cccc(-n2ccc(C(=O)O)n2)c1. The van der Waals surface area contributed by atoms with Crippen LogP contribution in [0.25, 0.3) is 5.69 Å². The fourth-order valence-corrected chi connectivity index (χ4v) is 2.02. The molecule has 2 rings (SSSR count). The number of aromatic carboxylic acids is 1. The van der Waals surface area contributed by atoms with Crippen molar-refractivity contribution in [1.82, 2.24) is 15.1 Å². The van der Waals surface area contributed by atoms with Gasteiger partial charge in [0, 0.05) is 19.2 Å². The number of nitrogens with zero attached hydrogens (tertiary/aromatic N) is 2. The van der Waals surface area contributed by atoms with Crippen LogP contribution >= 0.6 is 0 Å². The molecule has 6 nitrogen and oxygen atoms in total. The Balaban J connectivity index is 2.03. The van der Waals surface area contributed by atoms with Gasteiger partial charge in [-0.1, -0.05) is 25.5 Å². The second-order valence-electron chi connectivity index (χ2n) is 5.00. The number of hydrogen-bond acceptors (Lipinski definition) is 3.